The van der Waals surface area contributed by atoms with Crippen molar-refractivity contribution in [3.63, 3.8) is 0 Å². The first-order chi connectivity index (χ1) is 8.27. The highest BCUT2D eigenvalue weighted by atomic mass is 32.2. The maximum absolute atomic E-state index is 10.9. The molecule has 0 saturated heterocycles. The highest BCUT2D eigenvalue weighted by molar-refractivity contribution is 7.99. The summed E-state index contributed by atoms with van der Waals surface area (Å²) in [7, 11) is 1.38. The zero-order chi connectivity index (χ0) is 12.5. The zero-order valence-corrected chi connectivity index (χ0v) is 10.9. The second kappa shape index (κ2) is 8.02. The van der Waals surface area contributed by atoms with Crippen molar-refractivity contribution in [2.75, 3.05) is 26.0 Å². The predicted molar refractivity (Wildman–Crippen MR) is 63.7 cm³/mol. The summed E-state index contributed by atoms with van der Waals surface area (Å²) in [6, 6.07) is 0. The van der Waals surface area contributed by atoms with Gasteiger partial charge in [0.1, 0.15) is 0 Å². The van der Waals surface area contributed by atoms with Crippen molar-refractivity contribution in [3.05, 3.63) is 0 Å². The van der Waals surface area contributed by atoms with Gasteiger partial charge in [0.05, 0.1) is 20.1 Å². The fourth-order valence-electron chi connectivity index (χ4n) is 1.13. The van der Waals surface area contributed by atoms with Crippen LogP contribution in [-0.4, -0.2) is 52.1 Å². The Balaban J connectivity index is 2.32. The van der Waals surface area contributed by atoms with Gasteiger partial charge >= 0.3 is 5.97 Å². The Morgan fingerprint density at radius 1 is 1.59 bits per heavy atom. The molecule has 1 N–H and O–H groups in total. The maximum Gasteiger partial charge on any atom is 0.306 e. The Hall–Kier alpha value is -1.15. The first-order valence-corrected chi connectivity index (χ1v) is 6.43. The summed E-state index contributed by atoms with van der Waals surface area (Å²) in [5, 5.41) is 15.3. The van der Waals surface area contributed by atoms with Crippen LogP contribution >= 0.6 is 11.8 Å². The molecule has 0 radical (unpaired) electrons. The third-order valence-corrected chi connectivity index (χ3v) is 2.97. The van der Waals surface area contributed by atoms with E-state index >= 15 is 0 Å². The number of esters is 1. The average Bonchev–Trinajstić information content (AvgIpc) is 2.77. The van der Waals surface area contributed by atoms with Crippen LogP contribution in [0.5, 0.6) is 0 Å². The molecule has 0 saturated carbocycles. The smallest absolute Gasteiger partial charge is 0.306 e. The minimum absolute atomic E-state index is 0.218. The second-order valence-electron chi connectivity index (χ2n) is 3.21. The van der Waals surface area contributed by atoms with Crippen LogP contribution in [0.15, 0.2) is 5.16 Å². The molecule has 1 rings (SSSR count). The largest absolute Gasteiger partial charge is 0.469 e. The lowest BCUT2D eigenvalue weighted by Crippen LogP contribution is -2.20. The predicted octanol–water partition coefficient (Wildman–Crippen LogP) is -0.0622. The molecule has 0 aromatic carbocycles. The van der Waals surface area contributed by atoms with Crippen molar-refractivity contribution in [3.8, 4) is 0 Å². The van der Waals surface area contributed by atoms with E-state index in [-0.39, 0.29) is 5.97 Å². The molecule has 96 valence electrons. The van der Waals surface area contributed by atoms with Gasteiger partial charge in [0.15, 0.2) is 0 Å². The number of carbonyl (C=O) groups excluding carboxylic acids is 1. The number of ether oxygens (including phenoxy) is 1. The van der Waals surface area contributed by atoms with E-state index in [1.54, 1.807) is 4.68 Å². The van der Waals surface area contributed by atoms with Crippen molar-refractivity contribution in [1.29, 1.82) is 0 Å². The minimum atomic E-state index is -0.218. The van der Waals surface area contributed by atoms with E-state index in [9.17, 15) is 4.79 Å². The van der Waals surface area contributed by atoms with Crippen molar-refractivity contribution < 1.29 is 9.53 Å². The van der Waals surface area contributed by atoms with Gasteiger partial charge in [-0.25, -0.2) is 4.68 Å². The maximum atomic E-state index is 10.9. The van der Waals surface area contributed by atoms with E-state index in [0.717, 1.165) is 24.8 Å². The Labute approximate surface area is 104 Å². The van der Waals surface area contributed by atoms with Crippen LogP contribution < -0.4 is 5.32 Å². The van der Waals surface area contributed by atoms with Crippen molar-refractivity contribution in [2.45, 2.75) is 25.0 Å². The summed E-state index contributed by atoms with van der Waals surface area (Å²) in [5.74, 6) is 0.401. The SMILES string of the molecule is CCNCCn1nnnc1SCCC(=O)OC. The number of methoxy groups -OCH3 is 1. The highest BCUT2D eigenvalue weighted by Gasteiger charge is 2.07. The topological polar surface area (TPSA) is 81.9 Å². The lowest BCUT2D eigenvalue weighted by atomic mass is 10.5. The van der Waals surface area contributed by atoms with E-state index in [1.165, 1.54) is 18.9 Å². The number of carbonyl (C=O) groups is 1. The molecule has 0 spiro atoms. The molecule has 0 aliphatic carbocycles. The van der Waals surface area contributed by atoms with Gasteiger partial charge in [-0.15, -0.1) is 5.10 Å². The Kier molecular flexibility index (Phi) is 6.56. The number of hydrogen-bond donors (Lipinski definition) is 1. The number of nitrogens with zero attached hydrogens (tertiary/aromatic N) is 4. The molecule has 1 aromatic heterocycles. The molecule has 0 aliphatic heterocycles. The number of likely N-dealkylation sites (N-methyl/N-ethyl adjacent to an activating group) is 1. The zero-order valence-electron chi connectivity index (χ0n) is 10.0. The molecule has 7 nitrogen and oxygen atoms in total. The van der Waals surface area contributed by atoms with Crippen molar-refractivity contribution in [1.82, 2.24) is 25.5 Å². The summed E-state index contributed by atoms with van der Waals surface area (Å²) in [6.45, 7) is 4.52. The van der Waals surface area contributed by atoms with Gasteiger partial charge in [-0.1, -0.05) is 18.7 Å². The number of aromatic nitrogens is 4. The highest BCUT2D eigenvalue weighted by Crippen LogP contribution is 2.14. The normalized spacial score (nSPS) is 10.5. The first kappa shape index (κ1) is 13.9. The number of tetrazole rings is 1. The quantitative estimate of drug-likeness (QED) is 0.398. The summed E-state index contributed by atoms with van der Waals surface area (Å²) in [5.41, 5.74) is 0. The third kappa shape index (κ3) is 5.14. The number of hydrogen-bond acceptors (Lipinski definition) is 7. The van der Waals surface area contributed by atoms with Gasteiger partial charge in [0.25, 0.3) is 0 Å². The lowest BCUT2D eigenvalue weighted by Gasteiger charge is -2.04. The molecule has 8 heteroatoms. The van der Waals surface area contributed by atoms with Gasteiger partial charge in [0.2, 0.25) is 5.16 Å². The molecule has 0 atom stereocenters. The van der Waals surface area contributed by atoms with Gasteiger partial charge in [-0.05, 0) is 17.0 Å². The van der Waals surface area contributed by atoms with E-state index in [0.29, 0.717) is 12.2 Å². The van der Waals surface area contributed by atoms with E-state index in [4.69, 9.17) is 0 Å². The fraction of sp³-hybridized carbons (Fsp3) is 0.778. The Bertz CT molecular complexity index is 344. The number of nitrogens with one attached hydrogen (secondary N) is 1. The third-order valence-electron chi connectivity index (χ3n) is 2.01. The molecular weight excluding hydrogens is 242 g/mol. The fourth-order valence-corrected chi connectivity index (χ4v) is 1.95. The van der Waals surface area contributed by atoms with Crippen LogP contribution in [0.4, 0.5) is 0 Å². The Morgan fingerprint density at radius 2 is 2.41 bits per heavy atom. The van der Waals surface area contributed by atoms with Crippen molar-refractivity contribution in [2.24, 2.45) is 0 Å². The van der Waals surface area contributed by atoms with Crippen LogP contribution in [-0.2, 0) is 16.1 Å². The van der Waals surface area contributed by atoms with Crippen LogP contribution in [0, 0.1) is 0 Å². The molecule has 0 unspecified atom stereocenters. The molecule has 1 heterocycles. The summed E-state index contributed by atoms with van der Waals surface area (Å²) in [6.07, 6.45) is 0.362. The standard InChI is InChI=1S/C9H17N5O2S/c1-3-10-5-6-14-9(11-12-13-14)17-7-4-8(15)16-2/h10H,3-7H2,1-2H3. The van der Waals surface area contributed by atoms with Gasteiger partial charge in [-0.2, -0.15) is 0 Å². The minimum Gasteiger partial charge on any atom is -0.469 e. The summed E-state index contributed by atoms with van der Waals surface area (Å²) < 4.78 is 6.29. The van der Waals surface area contributed by atoms with Crippen LogP contribution in [0.2, 0.25) is 0 Å². The lowest BCUT2D eigenvalue weighted by molar-refractivity contribution is -0.140. The average molecular weight is 259 g/mol. The van der Waals surface area contributed by atoms with Crippen molar-refractivity contribution >= 4 is 17.7 Å². The van der Waals surface area contributed by atoms with E-state index in [2.05, 4.69) is 25.6 Å². The molecule has 0 aliphatic rings. The van der Waals surface area contributed by atoms with Crippen LogP contribution in [0.3, 0.4) is 0 Å². The summed E-state index contributed by atoms with van der Waals surface area (Å²) in [4.78, 5) is 10.9. The van der Waals surface area contributed by atoms with Gasteiger partial charge in [-0.3, -0.25) is 4.79 Å². The molecule has 0 amide bonds. The van der Waals surface area contributed by atoms with Gasteiger partial charge < -0.3 is 10.1 Å². The molecule has 1 aromatic rings. The van der Waals surface area contributed by atoms with E-state index < -0.39 is 0 Å². The molecule has 17 heavy (non-hydrogen) atoms. The van der Waals surface area contributed by atoms with Crippen LogP contribution in [0.1, 0.15) is 13.3 Å². The number of rotatable bonds is 8. The first-order valence-electron chi connectivity index (χ1n) is 5.44. The second-order valence-corrected chi connectivity index (χ2v) is 4.27. The van der Waals surface area contributed by atoms with E-state index in [1.807, 2.05) is 6.92 Å². The Morgan fingerprint density at radius 3 is 3.12 bits per heavy atom. The summed E-state index contributed by atoms with van der Waals surface area (Å²) >= 11 is 1.45. The van der Waals surface area contributed by atoms with Gasteiger partial charge in [0, 0.05) is 12.3 Å². The monoisotopic (exact) mass is 259 g/mol. The molecular formula is C9H17N5O2S. The molecule has 0 fully saturated rings. The van der Waals surface area contributed by atoms with Crippen LogP contribution in [0.25, 0.3) is 0 Å². The number of thioether (sulfide) groups is 1. The molecule has 0 bridgehead atoms.